The molecule has 1 atom stereocenters. The Kier molecular flexibility index (Phi) is 64.9. The molecule has 6 heteroatoms. The lowest BCUT2D eigenvalue weighted by Gasteiger charge is -2.18. The summed E-state index contributed by atoms with van der Waals surface area (Å²) in [6.45, 7) is 6.22. The van der Waals surface area contributed by atoms with E-state index in [1.807, 2.05) is 6.08 Å². The topological polar surface area (TPSA) is 78.9 Å². The van der Waals surface area contributed by atoms with E-state index < -0.39 is 6.10 Å². The van der Waals surface area contributed by atoms with Crippen molar-refractivity contribution in [3.8, 4) is 0 Å². The molecule has 1 unspecified atom stereocenters. The number of ether oxygens (including phenoxy) is 3. The molecular weight excluding hydrogens is 1020 g/mol. The molecule has 0 aliphatic heterocycles. The van der Waals surface area contributed by atoms with Crippen LogP contribution in [0.2, 0.25) is 0 Å². The quantitative estimate of drug-likeness (QED) is 0.0261. The molecule has 0 radical (unpaired) electrons. The van der Waals surface area contributed by atoms with E-state index in [4.69, 9.17) is 14.2 Å². The third kappa shape index (κ3) is 67.4. The van der Waals surface area contributed by atoms with E-state index >= 15 is 0 Å². The zero-order chi connectivity index (χ0) is 59.9. The summed E-state index contributed by atoms with van der Waals surface area (Å²) < 4.78 is 16.8. The summed E-state index contributed by atoms with van der Waals surface area (Å²) in [6, 6.07) is 0. The van der Waals surface area contributed by atoms with Crippen LogP contribution in [-0.2, 0) is 28.6 Å². The SMILES string of the molecule is CC/C=C\C/C=C\C/C=C\C/C=C\C/C=C\CCCCCCCCCCCCCCCCCC(=O)OCC(COC(=O)CC/C=C\C/C=C\C/C=C\C/C=C\CC)OC(=O)CCCCCCC/C=C\C/C=C\C/C=C\C/C=C\C/C=C\CC. The Balaban J connectivity index is 4.34. The van der Waals surface area contributed by atoms with Gasteiger partial charge in [-0.25, -0.2) is 0 Å². The number of carbonyl (C=O) groups is 3. The molecule has 0 heterocycles. The van der Waals surface area contributed by atoms with Gasteiger partial charge in [-0.2, -0.15) is 0 Å². The van der Waals surface area contributed by atoms with Gasteiger partial charge in [0.2, 0.25) is 0 Å². The van der Waals surface area contributed by atoms with Gasteiger partial charge in [-0.1, -0.05) is 294 Å². The van der Waals surface area contributed by atoms with Crippen LogP contribution in [0.25, 0.3) is 0 Å². The van der Waals surface area contributed by atoms with E-state index in [0.717, 1.165) is 148 Å². The largest absolute Gasteiger partial charge is 0.462 e. The van der Waals surface area contributed by atoms with E-state index in [2.05, 4.69) is 185 Å². The third-order valence-corrected chi connectivity index (χ3v) is 13.7. The van der Waals surface area contributed by atoms with Gasteiger partial charge in [0, 0.05) is 19.3 Å². The maximum Gasteiger partial charge on any atom is 0.306 e. The molecule has 0 rings (SSSR count). The monoisotopic (exact) mass is 1140 g/mol. The maximum absolute atomic E-state index is 12.9. The van der Waals surface area contributed by atoms with Crippen LogP contribution in [0.5, 0.6) is 0 Å². The highest BCUT2D eigenvalue weighted by atomic mass is 16.6. The molecule has 0 spiro atoms. The van der Waals surface area contributed by atoms with Crippen molar-refractivity contribution in [3.05, 3.63) is 170 Å². The normalized spacial score (nSPS) is 13.2. The second-order valence-electron chi connectivity index (χ2n) is 21.6. The molecule has 466 valence electrons. The molecule has 0 saturated heterocycles. The van der Waals surface area contributed by atoms with Crippen molar-refractivity contribution in [2.75, 3.05) is 13.2 Å². The number of hydrogen-bond donors (Lipinski definition) is 0. The lowest BCUT2D eigenvalue weighted by molar-refractivity contribution is -0.166. The van der Waals surface area contributed by atoms with Crippen molar-refractivity contribution in [3.63, 3.8) is 0 Å². The smallest absolute Gasteiger partial charge is 0.306 e. The average Bonchev–Trinajstić information content (AvgIpc) is 3.49. The molecular formula is C77H122O6. The number of carbonyl (C=O) groups excluding carboxylic acids is 3. The Labute approximate surface area is 511 Å². The maximum atomic E-state index is 12.9. The fourth-order valence-electron chi connectivity index (χ4n) is 8.80. The minimum absolute atomic E-state index is 0.114. The van der Waals surface area contributed by atoms with Crippen LogP contribution in [0.1, 0.15) is 278 Å². The molecule has 0 aromatic rings. The lowest BCUT2D eigenvalue weighted by Crippen LogP contribution is -2.30. The number of hydrogen-bond acceptors (Lipinski definition) is 6. The van der Waals surface area contributed by atoms with Gasteiger partial charge >= 0.3 is 17.9 Å². The van der Waals surface area contributed by atoms with Gasteiger partial charge in [0.15, 0.2) is 6.10 Å². The molecule has 0 aliphatic carbocycles. The van der Waals surface area contributed by atoms with Crippen molar-refractivity contribution >= 4 is 17.9 Å². The van der Waals surface area contributed by atoms with Crippen LogP contribution in [-0.4, -0.2) is 37.2 Å². The van der Waals surface area contributed by atoms with Crippen molar-refractivity contribution in [1.82, 2.24) is 0 Å². The second-order valence-corrected chi connectivity index (χ2v) is 21.6. The van der Waals surface area contributed by atoms with Gasteiger partial charge in [0.05, 0.1) is 0 Å². The summed E-state index contributed by atoms with van der Waals surface area (Å²) >= 11 is 0. The molecule has 0 bridgehead atoms. The third-order valence-electron chi connectivity index (χ3n) is 13.7. The first-order chi connectivity index (χ1) is 41.0. The van der Waals surface area contributed by atoms with Gasteiger partial charge in [-0.3, -0.25) is 14.4 Å². The standard InChI is InChI=1S/C77H122O6/c1-4-7-10-13-16-19-22-25-27-29-31-33-34-35-36-37-38-39-40-41-42-44-45-47-49-52-55-58-61-64-67-70-76(79)82-73-74(72-81-75(78)69-66-63-60-57-54-51-24-21-18-15-12-9-6-3)83-77(80)71-68-65-62-59-56-53-50-48-46-43-32-30-28-26-23-20-17-14-11-8-5-2/h7-12,16-21,25-28,31-33,35-36,43,48,50-51,54,60,63,74H,4-6,13-15,22-24,29-30,34,37-42,44-47,49,52-53,55-59,61-62,64-73H2,1-3H3/b10-7-,11-8-,12-9-,19-16-,20-17-,21-18-,27-25-,28-26-,33-31-,36-35-,43-32-,50-48-,54-51-,63-60-. The molecule has 0 aliphatic rings. The molecule has 6 nitrogen and oxygen atoms in total. The first-order valence-corrected chi connectivity index (χ1v) is 33.6. The first kappa shape index (κ1) is 77.8. The Morgan fingerprint density at radius 1 is 0.241 bits per heavy atom. The number of unbranched alkanes of at least 4 members (excludes halogenated alkanes) is 20. The van der Waals surface area contributed by atoms with Crippen LogP contribution in [0, 0.1) is 0 Å². The zero-order valence-electron chi connectivity index (χ0n) is 53.4. The molecule has 0 amide bonds. The molecule has 83 heavy (non-hydrogen) atoms. The molecule has 0 N–H and O–H groups in total. The van der Waals surface area contributed by atoms with E-state index in [0.29, 0.717) is 12.8 Å². The summed E-state index contributed by atoms with van der Waals surface area (Å²) in [5.41, 5.74) is 0. The van der Waals surface area contributed by atoms with Crippen molar-refractivity contribution < 1.29 is 28.6 Å². The molecule has 0 aromatic carbocycles. The minimum Gasteiger partial charge on any atom is -0.462 e. The Morgan fingerprint density at radius 2 is 0.458 bits per heavy atom. The Bertz CT molecular complexity index is 1890. The predicted octanol–water partition coefficient (Wildman–Crippen LogP) is 23.4. The average molecular weight is 1140 g/mol. The van der Waals surface area contributed by atoms with Crippen molar-refractivity contribution in [1.29, 1.82) is 0 Å². The highest BCUT2D eigenvalue weighted by molar-refractivity contribution is 5.71. The summed E-state index contributed by atoms with van der Waals surface area (Å²) in [5, 5.41) is 0. The van der Waals surface area contributed by atoms with E-state index in [1.54, 1.807) is 0 Å². The molecule has 0 aromatic heterocycles. The first-order valence-electron chi connectivity index (χ1n) is 33.6. The summed E-state index contributed by atoms with van der Waals surface area (Å²) in [5.74, 6) is -1.02. The molecule has 0 saturated carbocycles. The fourth-order valence-corrected chi connectivity index (χ4v) is 8.80. The predicted molar refractivity (Wildman–Crippen MR) is 361 cm³/mol. The van der Waals surface area contributed by atoms with Crippen LogP contribution in [0.3, 0.4) is 0 Å². The van der Waals surface area contributed by atoms with Crippen LogP contribution in [0.4, 0.5) is 0 Å². The van der Waals surface area contributed by atoms with E-state index in [9.17, 15) is 14.4 Å². The second kappa shape index (κ2) is 69.3. The van der Waals surface area contributed by atoms with Gasteiger partial charge in [-0.15, -0.1) is 0 Å². The van der Waals surface area contributed by atoms with Crippen LogP contribution < -0.4 is 0 Å². The number of rotatable bonds is 59. The van der Waals surface area contributed by atoms with E-state index in [1.165, 1.54) is 83.5 Å². The Morgan fingerprint density at radius 3 is 0.747 bits per heavy atom. The summed E-state index contributed by atoms with van der Waals surface area (Å²) in [4.78, 5) is 38.3. The van der Waals surface area contributed by atoms with Crippen molar-refractivity contribution in [2.45, 2.75) is 284 Å². The van der Waals surface area contributed by atoms with Crippen molar-refractivity contribution in [2.24, 2.45) is 0 Å². The van der Waals surface area contributed by atoms with Crippen LogP contribution >= 0.6 is 0 Å². The van der Waals surface area contributed by atoms with Gasteiger partial charge in [-0.05, 0) is 135 Å². The number of allylic oxidation sites excluding steroid dienone is 28. The van der Waals surface area contributed by atoms with Gasteiger partial charge in [0.25, 0.3) is 0 Å². The highest BCUT2D eigenvalue weighted by Gasteiger charge is 2.19. The molecule has 0 fully saturated rings. The summed E-state index contributed by atoms with van der Waals surface area (Å²) in [7, 11) is 0. The zero-order valence-corrected chi connectivity index (χ0v) is 53.4. The van der Waals surface area contributed by atoms with Crippen LogP contribution in [0.15, 0.2) is 170 Å². The Hall–Kier alpha value is -5.23. The highest BCUT2D eigenvalue weighted by Crippen LogP contribution is 2.16. The minimum atomic E-state index is -0.826. The lowest BCUT2D eigenvalue weighted by atomic mass is 10.0. The fraction of sp³-hybridized carbons (Fsp3) is 0.597. The van der Waals surface area contributed by atoms with Gasteiger partial charge < -0.3 is 14.2 Å². The summed E-state index contributed by atoms with van der Waals surface area (Å²) in [6.07, 6.45) is 102. The number of esters is 3. The van der Waals surface area contributed by atoms with Gasteiger partial charge in [0.1, 0.15) is 13.2 Å². The van der Waals surface area contributed by atoms with E-state index in [-0.39, 0.29) is 44.0 Å².